The van der Waals surface area contributed by atoms with Gasteiger partial charge >= 0.3 is 11.9 Å². The van der Waals surface area contributed by atoms with E-state index in [4.69, 9.17) is 97.8 Å². The van der Waals surface area contributed by atoms with Crippen molar-refractivity contribution in [3.63, 3.8) is 0 Å². The first-order chi connectivity index (χ1) is 38.9. The van der Waals surface area contributed by atoms with Gasteiger partial charge in [-0.3, -0.25) is 13.7 Å². The Morgan fingerprint density at radius 3 is 1.52 bits per heavy atom. The number of azo groups is 1. The maximum Gasteiger partial charge on any atom is 0.337 e. The van der Waals surface area contributed by atoms with E-state index in [9.17, 15) is 44.5 Å². The second kappa shape index (κ2) is 29.1. The summed E-state index contributed by atoms with van der Waals surface area (Å²) in [5, 5.41) is 35.4. The lowest BCUT2D eigenvalue weighted by Crippen LogP contribution is -2.11. The number of carboxylic acid groups (broad SMARTS) is 2. The highest BCUT2D eigenvalue weighted by Crippen LogP contribution is 2.40. The number of aromatic nitrogens is 3. The predicted molar refractivity (Wildman–Crippen MR) is 314 cm³/mol. The smallest absolute Gasteiger partial charge is 0.337 e. The van der Waals surface area contributed by atoms with E-state index >= 15 is 0 Å². The van der Waals surface area contributed by atoms with E-state index in [1.165, 1.54) is 79.9 Å². The number of ether oxygens (including phenoxy) is 3. The van der Waals surface area contributed by atoms with Gasteiger partial charge in [0.1, 0.15) is 22.9 Å². The van der Waals surface area contributed by atoms with Crippen molar-refractivity contribution in [1.82, 2.24) is 15.0 Å². The second-order valence-corrected chi connectivity index (χ2v) is 22.7. The van der Waals surface area contributed by atoms with Crippen LogP contribution in [0.2, 0.25) is 20.1 Å². The van der Waals surface area contributed by atoms with Crippen LogP contribution in [0.5, 0.6) is 17.2 Å². The van der Waals surface area contributed by atoms with E-state index in [0.29, 0.717) is 22.8 Å². The van der Waals surface area contributed by atoms with Crippen molar-refractivity contribution in [3.8, 4) is 17.2 Å². The first kappa shape index (κ1) is 65.6. The number of rotatable bonds is 22. The normalized spacial score (nSPS) is 11.3. The van der Waals surface area contributed by atoms with Crippen LogP contribution >= 0.6 is 46.4 Å². The van der Waals surface area contributed by atoms with E-state index in [0.717, 1.165) is 6.07 Å². The molecule has 1 aromatic heterocycles. The molecule has 35 heteroatoms. The number of methoxy groups -OCH3 is 1. The molecule has 7 rings (SSSR count). The molecule has 0 aliphatic carbocycles. The molecular weight excluding hydrogens is 1240 g/mol. The number of aromatic carboxylic acids is 2. The molecular formula is C48H48Cl4N12O16S3. The molecule has 442 valence electrons. The number of anilines is 10. The van der Waals surface area contributed by atoms with E-state index in [1.54, 1.807) is 24.3 Å². The Balaban J connectivity index is 0.000000430. The molecule has 7 aromatic rings. The molecule has 0 fully saturated rings. The molecule has 0 unspecified atom stereocenters. The number of hydrogen-bond acceptors (Lipinski definition) is 23. The van der Waals surface area contributed by atoms with Gasteiger partial charge in [0, 0.05) is 29.2 Å². The fourth-order valence-electron chi connectivity index (χ4n) is 6.38. The van der Waals surface area contributed by atoms with Gasteiger partial charge in [0.15, 0.2) is 0 Å². The maximum atomic E-state index is 11.4. The van der Waals surface area contributed by atoms with Crippen molar-refractivity contribution in [2.45, 2.75) is 17.7 Å². The molecule has 0 spiro atoms. The Morgan fingerprint density at radius 2 is 1.04 bits per heavy atom. The standard InChI is InChI=1S/C34H33Cl3N10O10S2.C7H6ClNO2.C7H9NO4S/c35-22-13-20(7-8-21(22)31(48)49)46-47-26-17-30(57-10-2-12-59(53,54)55)28(15-24(26)37)42-34-44-32(40-19-5-3-18(38)4-6-19)43-33(45-34)41-27-14-23(36)25(39)16-29(27)56-9-1-11-58(50,51)52;8-6-3-4(9)1-2-5(6)7(10)11;1-12-7-3-2-5(4-6(7)8)13(9,10)11/h3-8,13-17H,1-2,9-12,38-39H2,(H,48,49)(H,50,51,52)(H,53,54,55)(H3,40,41,42,43,44,45);1-3H,9H2,(H,10,11);2-4H,8H2,1H3,(H,9,10,11). The molecule has 83 heavy (non-hydrogen) atoms. The number of nitrogen functional groups attached to an aromatic ring is 4. The first-order valence-electron chi connectivity index (χ1n) is 23.0. The van der Waals surface area contributed by atoms with E-state index in [-0.39, 0.29) is 126 Å². The molecule has 1 heterocycles. The molecule has 28 nitrogen and oxygen atoms in total. The van der Waals surface area contributed by atoms with Crippen molar-refractivity contribution in [2.75, 3.05) is 70.7 Å². The summed E-state index contributed by atoms with van der Waals surface area (Å²) in [6, 6.07) is 24.2. The largest absolute Gasteiger partial charge is 0.495 e. The van der Waals surface area contributed by atoms with Gasteiger partial charge in [-0.1, -0.05) is 46.4 Å². The van der Waals surface area contributed by atoms with Crippen molar-refractivity contribution in [1.29, 1.82) is 0 Å². The van der Waals surface area contributed by atoms with E-state index in [1.807, 2.05) is 0 Å². The Kier molecular flexibility index (Phi) is 23.0. The number of halogens is 4. The zero-order chi connectivity index (χ0) is 61.4. The SMILES string of the molecule is COc1ccc(S(=O)(=O)O)cc1N.Nc1ccc(C(=O)O)c(Cl)c1.Nc1ccc(Nc2nc(Nc3cc(Cl)c(N)cc3OCCCS(=O)(=O)O)nc(Nc3cc(Cl)c(N=Nc4ccc(C(=O)O)c(Cl)c4)cc3OCCCS(=O)(=O)O)n2)cc1. The van der Waals surface area contributed by atoms with Crippen LogP contribution in [0, 0.1) is 0 Å². The lowest BCUT2D eigenvalue weighted by atomic mass is 10.2. The molecule has 0 radical (unpaired) electrons. The summed E-state index contributed by atoms with van der Waals surface area (Å²) < 4.78 is 110. The van der Waals surface area contributed by atoms with Gasteiger partial charge in [0.2, 0.25) is 17.8 Å². The second-order valence-electron chi connectivity index (χ2n) is 16.5. The topological polar surface area (TPSA) is 469 Å². The predicted octanol–water partition coefficient (Wildman–Crippen LogP) is 9.80. The third kappa shape index (κ3) is 21.2. The summed E-state index contributed by atoms with van der Waals surface area (Å²) in [5.41, 5.74) is 25.0. The number of benzene rings is 6. The van der Waals surface area contributed by atoms with Crippen LogP contribution in [0.3, 0.4) is 0 Å². The number of carboxylic acids is 2. The quantitative estimate of drug-likeness (QED) is 0.0130. The fraction of sp³-hybridized carbons (Fsp3) is 0.146. The van der Waals surface area contributed by atoms with Crippen molar-refractivity contribution < 1.29 is 72.9 Å². The number of nitrogens with zero attached hydrogens (tertiary/aromatic N) is 5. The summed E-state index contributed by atoms with van der Waals surface area (Å²) in [7, 11) is -11.3. The van der Waals surface area contributed by atoms with E-state index < -0.39 is 53.8 Å². The summed E-state index contributed by atoms with van der Waals surface area (Å²) in [6.07, 6.45) is -0.153. The molecule has 0 aliphatic rings. The Hall–Kier alpha value is -8.24. The Bertz CT molecular complexity index is 3890. The van der Waals surface area contributed by atoms with Crippen LogP contribution in [0.1, 0.15) is 33.6 Å². The molecule has 0 amide bonds. The van der Waals surface area contributed by atoms with Crippen LogP contribution in [0.25, 0.3) is 0 Å². The Morgan fingerprint density at radius 1 is 0.542 bits per heavy atom. The number of nitrogens with one attached hydrogen (secondary N) is 3. The third-order valence-electron chi connectivity index (χ3n) is 10.2. The minimum atomic E-state index is -4.29. The summed E-state index contributed by atoms with van der Waals surface area (Å²) in [5.74, 6) is -3.01. The van der Waals surface area contributed by atoms with Crippen LogP contribution < -0.4 is 53.1 Å². The highest BCUT2D eigenvalue weighted by molar-refractivity contribution is 7.86. The average Bonchev–Trinajstić information content (AvgIpc) is 3.59. The van der Waals surface area contributed by atoms with Gasteiger partial charge in [0.05, 0.1) is 96.4 Å². The van der Waals surface area contributed by atoms with Crippen molar-refractivity contribution in [2.24, 2.45) is 10.2 Å². The minimum absolute atomic E-state index is 0.00616. The van der Waals surface area contributed by atoms with Crippen LogP contribution in [-0.4, -0.2) is 108 Å². The monoisotopic (exact) mass is 1280 g/mol. The van der Waals surface area contributed by atoms with Gasteiger partial charge in [-0.05, 0) is 104 Å². The summed E-state index contributed by atoms with van der Waals surface area (Å²) >= 11 is 24.6. The zero-order valence-corrected chi connectivity index (χ0v) is 48.0. The van der Waals surface area contributed by atoms with Gasteiger partial charge in [-0.25, -0.2) is 9.59 Å². The lowest BCUT2D eigenvalue weighted by molar-refractivity contribution is 0.0686. The minimum Gasteiger partial charge on any atom is -0.495 e. The molecule has 0 aliphatic heterocycles. The first-order valence-corrected chi connectivity index (χ1v) is 29.2. The van der Waals surface area contributed by atoms with Gasteiger partial charge in [-0.2, -0.15) is 45.3 Å². The molecule has 0 atom stereocenters. The lowest BCUT2D eigenvalue weighted by Gasteiger charge is -2.17. The van der Waals surface area contributed by atoms with E-state index in [2.05, 4.69) is 41.1 Å². The molecule has 0 bridgehead atoms. The van der Waals surface area contributed by atoms with Gasteiger partial charge in [0.25, 0.3) is 30.4 Å². The van der Waals surface area contributed by atoms with Crippen molar-refractivity contribution in [3.05, 3.63) is 134 Å². The number of carbonyl (C=O) groups is 2. The molecule has 6 aromatic carbocycles. The molecule has 16 N–H and O–H groups in total. The number of hydrogen-bond donors (Lipinski definition) is 12. The summed E-state index contributed by atoms with van der Waals surface area (Å²) in [4.78, 5) is 34.9. The fourth-order valence-corrected chi connectivity index (χ4v) is 8.75. The summed E-state index contributed by atoms with van der Waals surface area (Å²) in [6.45, 7) is -0.324. The van der Waals surface area contributed by atoms with Crippen LogP contribution in [-0.2, 0) is 30.4 Å². The highest BCUT2D eigenvalue weighted by Gasteiger charge is 2.19. The van der Waals surface area contributed by atoms with Crippen molar-refractivity contribution >= 4 is 158 Å². The zero-order valence-electron chi connectivity index (χ0n) is 42.6. The molecule has 0 saturated carbocycles. The average molecular weight is 1290 g/mol. The Labute approximate surface area is 493 Å². The maximum absolute atomic E-state index is 11.4. The third-order valence-corrected chi connectivity index (χ3v) is 13.9. The number of nitrogens with two attached hydrogens (primary N) is 4. The molecule has 0 saturated heterocycles. The van der Waals surface area contributed by atoms with Gasteiger partial charge < -0.3 is 63.3 Å². The van der Waals surface area contributed by atoms with Gasteiger partial charge in [-0.15, -0.1) is 5.11 Å². The highest BCUT2D eigenvalue weighted by atomic mass is 35.5. The van der Waals surface area contributed by atoms with Crippen LogP contribution in [0.4, 0.5) is 69.0 Å². The van der Waals surface area contributed by atoms with Crippen LogP contribution in [0.15, 0.2) is 118 Å².